The van der Waals surface area contributed by atoms with Crippen LogP contribution < -0.4 is 4.74 Å². The van der Waals surface area contributed by atoms with Gasteiger partial charge in [0.05, 0.1) is 5.69 Å². The van der Waals surface area contributed by atoms with Gasteiger partial charge in [0.2, 0.25) is 0 Å². The van der Waals surface area contributed by atoms with Crippen molar-refractivity contribution in [2.75, 3.05) is 0 Å². The van der Waals surface area contributed by atoms with E-state index in [9.17, 15) is 0 Å². The summed E-state index contributed by atoms with van der Waals surface area (Å²) in [7, 11) is 0. The number of aryl methyl sites for hydroxylation is 2. The average Bonchev–Trinajstić information content (AvgIpc) is 2.92. The van der Waals surface area contributed by atoms with Gasteiger partial charge in [0.15, 0.2) is 0 Å². The molecule has 0 aliphatic carbocycles. The van der Waals surface area contributed by atoms with E-state index in [1.54, 1.807) is 6.20 Å². The van der Waals surface area contributed by atoms with Crippen LogP contribution in [0, 0.1) is 13.8 Å². The Balaban J connectivity index is 1.85. The normalized spacial score (nSPS) is 12.4. The topological polar surface area (TPSA) is 51.2 Å². The maximum Gasteiger partial charge on any atom is 0.321 e. The van der Waals surface area contributed by atoms with Crippen molar-refractivity contribution in [3.8, 4) is 5.75 Å². The second-order valence-electron chi connectivity index (χ2n) is 5.72. The molecular formula is C20H20N4O. The van der Waals surface area contributed by atoms with E-state index in [0.29, 0.717) is 5.75 Å². The highest BCUT2D eigenvalue weighted by Gasteiger charge is 2.06. The summed E-state index contributed by atoms with van der Waals surface area (Å²) in [5, 5.41) is 0. The molecule has 0 unspecified atom stereocenters. The van der Waals surface area contributed by atoms with Crippen LogP contribution in [-0.4, -0.2) is 22.1 Å². The van der Waals surface area contributed by atoms with Crippen molar-refractivity contribution in [1.29, 1.82) is 0 Å². The first-order chi connectivity index (χ1) is 12.1. The fourth-order valence-electron chi connectivity index (χ4n) is 2.45. The molecule has 3 aromatic rings. The van der Waals surface area contributed by atoms with Gasteiger partial charge in [-0.05, 0) is 62.9 Å². The smallest absolute Gasteiger partial charge is 0.321 e. The minimum absolute atomic E-state index is 0.208. The summed E-state index contributed by atoms with van der Waals surface area (Å²) in [5.74, 6) is 0.671. The Bertz CT molecular complexity index is 968. The SMILES string of the molecule is C=NC(=N/C=C(\C)c1ccn2c(C)c(C)nc2c1)Oc1ccccc1. The standard InChI is InChI=1S/C20H20N4O/c1-14(13-22-20(21-4)25-18-8-6-5-7-9-18)17-10-11-24-16(3)15(2)23-19(24)12-17/h5-13H,4H2,1-3H3/b14-13+,22-20?. The van der Waals surface area contributed by atoms with E-state index in [1.807, 2.05) is 62.5 Å². The molecule has 0 N–H and O–H groups in total. The molecule has 0 spiro atoms. The van der Waals surface area contributed by atoms with Crippen molar-refractivity contribution in [1.82, 2.24) is 9.38 Å². The van der Waals surface area contributed by atoms with Gasteiger partial charge in [-0.2, -0.15) is 0 Å². The van der Waals surface area contributed by atoms with Gasteiger partial charge in [-0.25, -0.2) is 15.0 Å². The number of aromatic nitrogens is 2. The Labute approximate surface area is 147 Å². The lowest BCUT2D eigenvalue weighted by atomic mass is 10.1. The van der Waals surface area contributed by atoms with Crippen LogP contribution in [0.25, 0.3) is 11.2 Å². The number of nitrogens with zero attached hydrogens (tertiary/aromatic N) is 4. The molecule has 5 heteroatoms. The lowest BCUT2D eigenvalue weighted by molar-refractivity contribution is 0.543. The number of allylic oxidation sites excluding steroid dienone is 1. The van der Waals surface area contributed by atoms with Gasteiger partial charge in [-0.15, -0.1) is 0 Å². The van der Waals surface area contributed by atoms with Gasteiger partial charge in [0, 0.05) is 18.1 Å². The molecule has 2 aromatic heterocycles. The Morgan fingerprint density at radius 1 is 1.20 bits per heavy atom. The molecule has 5 nitrogen and oxygen atoms in total. The van der Waals surface area contributed by atoms with Gasteiger partial charge in [-0.1, -0.05) is 18.2 Å². The van der Waals surface area contributed by atoms with Crippen molar-refractivity contribution < 1.29 is 4.74 Å². The highest BCUT2D eigenvalue weighted by atomic mass is 16.5. The fourth-order valence-corrected chi connectivity index (χ4v) is 2.45. The number of aliphatic imine (C=N–C) groups is 2. The molecule has 0 saturated carbocycles. The molecule has 0 aliphatic heterocycles. The number of ether oxygens (including phenoxy) is 1. The van der Waals surface area contributed by atoms with Crippen molar-refractivity contribution in [2.24, 2.45) is 9.98 Å². The number of para-hydroxylation sites is 1. The molecule has 25 heavy (non-hydrogen) atoms. The van der Waals surface area contributed by atoms with Crippen LogP contribution >= 0.6 is 0 Å². The Kier molecular flexibility index (Phi) is 4.75. The largest absolute Gasteiger partial charge is 0.424 e. The van der Waals surface area contributed by atoms with Crippen molar-refractivity contribution >= 4 is 24.0 Å². The molecule has 0 radical (unpaired) electrons. The molecule has 0 saturated heterocycles. The molecule has 3 rings (SSSR count). The van der Waals surface area contributed by atoms with E-state index in [-0.39, 0.29) is 6.02 Å². The number of rotatable bonds is 3. The van der Waals surface area contributed by atoms with Crippen molar-refractivity contribution in [3.05, 3.63) is 71.8 Å². The van der Waals surface area contributed by atoms with Crippen LogP contribution in [0.3, 0.4) is 0 Å². The van der Waals surface area contributed by atoms with E-state index < -0.39 is 0 Å². The monoisotopic (exact) mass is 332 g/mol. The number of amidine groups is 1. The molecule has 0 fully saturated rings. The zero-order valence-electron chi connectivity index (χ0n) is 14.6. The van der Waals surface area contributed by atoms with Crippen LogP contribution in [0.5, 0.6) is 5.75 Å². The van der Waals surface area contributed by atoms with Crippen LogP contribution in [0.2, 0.25) is 0 Å². The molecule has 1 aromatic carbocycles. The van der Waals surface area contributed by atoms with Gasteiger partial charge in [-0.3, -0.25) is 0 Å². The summed E-state index contributed by atoms with van der Waals surface area (Å²) in [6, 6.07) is 13.7. The molecule has 126 valence electrons. The maximum atomic E-state index is 5.60. The Morgan fingerprint density at radius 2 is 1.96 bits per heavy atom. The summed E-state index contributed by atoms with van der Waals surface area (Å²) in [6.07, 6.45) is 3.75. The predicted octanol–water partition coefficient (Wildman–Crippen LogP) is 4.45. The fraction of sp³-hybridized carbons (Fsp3) is 0.150. The van der Waals surface area contributed by atoms with E-state index in [0.717, 1.165) is 28.2 Å². The number of pyridine rings is 1. The molecule has 0 aliphatic rings. The lowest BCUT2D eigenvalue weighted by Crippen LogP contribution is -2.03. The van der Waals surface area contributed by atoms with E-state index in [4.69, 9.17) is 4.74 Å². The van der Waals surface area contributed by atoms with Gasteiger partial charge >= 0.3 is 6.02 Å². The van der Waals surface area contributed by atoms with Crippen molar-refractivity contribution in [2.45, 2.75) is 20.8 Å². The molecular weight excluding hydrogens is 312 g/mol. The first-order valence-electron chi connectivity index (χ1n) is 7.98. The number of benzene rings is 1. The van der Waals surface area contributed by atoms with E-state index in [1.165, 1.54) is 0 Å². The molecule has 2 heterocycles. The van der Waals surface area contributed by atoms with Gasteiger partial charge < -0.3 is 9.14 Å². The summed E-state index contributed by atoms with van der Waals surface area (Å²) >= 11 is 0. The van der Waals surface area contributed by atoms with Gasteiger partial charge in [0.1, 0.15) is 11.4 Å². The molecule has 0 bridgehead atoms. The quantitative estimate of drug-likeness (QED) is 0.525. The highest BCUT2D eigenvalue weighted by Crippen LogP contribution is 2.18. The van der Waals surface area contributed by atoms with Crippen LogP contribution in [0.4, 0.5) is 0 Å². The minimum Gasteiger partial charge on any atom is -0.424 e. The second-order valence-corrected chi connectivity index (χ2v) is 5.72. The lowest BCUT2D eigenvalue weighted by Gasteiger charge is -2.04. The zero-order chi connectivity index (χ0) is 17.8. The molecule has 0 atom stereocenters. The third kappa shape index (κ3) is 3.66. The minimum atomic E-state index is 0.208. The maximum absolute atomic E-state index is 5.60. The number of hydrogen-bond donors (Lipinski definition) is 0. The second kappa shape index (κ2) is 7.13. The Morgan fingerprint density at radius 3 is 2.68 bits per heavy atom. The average molecular weight is 332 g/mol. The van der Waals surface area contributed by atoms with Crippen LogP contribution in [0.15, 0.2) is 64.8 Å². The van der Waals surface area contributed by atoms with Crippen LogP contribution in [0.1, 0.15) is 23.9 Å². The third-order valence-electron chi connectivity index (χ3n) is 4.01. The first kappa shape index (κ1) is 16.6. The first-order valence-corrected chi connectivity index (χ1v) is 7.98. The third-order valence-corrected chi connectivity index (χ3v) is 4.01. The summed E-state index contributed by atoms with van der Waals surface area (Å²) in [6.45, 7) is 9.57. The Hall–Kier alpha value is -3.21. The zero-order valence-corrected chi connectivity index (χ0v) is 14.6. The number of hydrogen-bond acceptors (Lipinski definition) is 3. The van der Waals surface area contributed by atoms with E-state index in [2.05, 4.69) is 33.0 Å². The predicted molar refractivity (Wildman–Crippen MR) is 102 cm³/mol. The number of imidazole rings is 1. The highest BCUT2D eigenvalue weighted by molar-refractivity contribution is 5.82. The summed E-state index contributed by atoms with van der Waals surface area (Å²) in [4.78, 5) is 12.7. The number of fused-ring (bicyclic) bond motifs is 1. The summed E-state index contributed by atoms with van der Waals surface area (Å²) < 4.78 is 7.67. The van der Waals surface area contributed by atoms with Gasteiger partial charge in [0.25, 0.3) is 0 Å². The molecule has 0 amide bonds. The van der Waals surface area contributed by atoms with Crippen molar-refractivity contribution in [3.63, 3.8) is 0 Å². The van der Waals surface area contributed by atoms with E-state index >= 15 is 0 Å². The summed E-state index contributed by atoms with van der Waals surface area (Å²) in [5.41, 5.74) is 5.14. The van der Waals surface area contributed by atoms with Crippen LogP contribution in [-0.2, 0) is 0 Å².